The van der Waals surface area contributed by atoms with Gasteiger partial charge in [0.1, 0.15) is 23.7 Å². The first-order valence-corrected chi connectivity index (χ1v) is 10.5. The Hall–Kier alpha value is -2.25. The van der Waals surface area contributed by atoms with E-state index in [2.05, 4.69) is 41.4 Å². The summed E-state index contributed by atoms with van der Waals surface area (Å²) in [5.74, 6) is 0.419. The molecule has 2 atom stereocenters. The average Bonchev–Trinajstić information content (AvgIpc) is 2.69. The van der Waals surface area contributed by atoms with Crippen LogP contribution in [-0.4, -0.2) is 40.8 Å². The highest BCUT2D eigenvalue weighted by Gasteiger charge is 2.14. The smallest absolute Gasteiger partial charge is 0.144 e. The fourth-order valence-corrected chi connectivity index (χ4v) is 3.38. The molecule has 1 heterocycles. The average molecular weight is 404 g/mol. The summed E-state index contributed by atoms with van der Waals surface area (Å²) in [6.07, 6.45) is 3.27. The topological polar surface area (TPSA) is 95.6 Å². The van der Waals surface area contributed by atoms with Crippen molar-refractivity contribution >= 4 is 22.6 Å². The van der Waals surface area contributed by atoms with E-state index in [0.717, 1.165) is 25.7 Å². The van der Waals surface area contributed by atoms with Crippen LogP contribution in [0.5, 0.6) is 0 Å². The molecule has 2 rings (SSSR count). The fraction of sp³-hybridized carbons (Fsp3) is 0.545. The summed E-state index contributed by atoms with van der Waals surface area (Å²) in [5.41, 5.74) is 7.32. The Morgan fingerprint density at radius 3 is 2.48 bits per heavy atom. The van der Waals surface area contributed by atoms with Crippen LogP contribution in [0.3, 0.4) is 0 Å². The molecule has 0 amide bonds. The minimum Gasteiger partial charge on any atom is -0.383 e. The zero-order chi connectivity index (χ0) is 21.4. The van der Waals surface area contributed by atoms with Gasteiger partial charge in [-0.05, 0) is 56.9 Å². The molecule has 2 unspecified atom stereocenters. The lowest BCUT2D eigenvalue weighted by atomic mass is 10.1. The fourth-order valence-electron chi connectivity index (χ4n) is 3.38. The number of halogens is 1. The van der Waals surface area contributed by atoms with Gasteiger partial charge in [-0.25, -0.2) is 14.4 Å². The lowest BCUT2D eigenvalue weighted by Crippen LogP contribution is -2.38. The van der Waals surface area contributed by atoms with E-state index in [1.807, 2.05) is 0 Å². The van der Waals surface area contributed by atoms with Crippen LogP contribution < -0.4 is 16.4 Å². The van der Waals surface area contributed by atoms with Crippen molar-refractivity contribution in [2.45, 2.75) is 71.7 Å². The largest absolute Gasteiger partial charge is 0.383 e. The Labute approximate surface area is 172 Å². The van der Waals surface area contributed by atoms with Crippen molar-refractivity contribution in [1.82, 2.24) is 10.3 Å². The maximum absolute atomic E-state index is 13.6. The van der Waals surface area contributed by atoms with Crippen LogP contribution in [0.25, 0.3) is 10.9 Å². The van der Waals surface area contributed by atoms with Crippen LogP contribution >= 0.6 is 0 Å². The zero-order valence-electron chi connectivity index (χ0n) is 17.9. The first-order chi connectivity index (χ1) is 13.9. The third kappa shape index (κ3) is 6.65. The van der Waals surface area contributed by atoms with Gasteiger partial charge in [0, 0.05) is 24.0 Å². The molecule has 160 valence electrons. The Morgan fingerprint density at radius 2 is 1.86 bits per heavy atom. The van der Waals surface area contributed by atoms with Gasteiger partial charge in [0.05, 0.1) is 11.1 Å². The van der Waals surface area contributed by atoms with Gasteiger partial charge in [0.15, 0.2) is 0 Å². The van der Waals surface area contributed by atoms with Crippen LogP contribution in [0.1, 0.15) is 58.9 Å². The highest BCUT2D eigenvalue weighted by atomic mass is 19.1. The molecule has 0 fully saturated rings. The van der Waals surface area contributed by atoms with E-state index in [-0.39, 0.29) is 11.7 Å². The van der Waals surface area contributed by atoms with Gasteiger partial charge >= 0.3 is 0 Å². The van der Waals surface area contributed by atoms with Gasteiger partial charge in [-0.2, -0.15) is 0 Å². The number of fused-ring (bicyclic) bond motifs is 1. The molecule has 0 radical (unpaired) electrons. The highest BCUT2D eigenvalue weighted by molar-refractivity contribution is 6.04. The van der Waals surface area contributed by atoms with Crippen LogP contribution in [0.15, 0.2) is 29.3 Å². The molecule has 0 bridgehead atoms. The number of nitrogens with zero attached hydrogens (tertiary/aromatic N) is 2. The number of benzene rings is 1. The normalized spacial score (nSPS) is 14.4. The molecule has 1 aromatic carbocycles. The number of nitrogens with one attached hydrogen (secondary N) is 2. The number of aliphatic hydroxyl groups is 1. The van der Waals surface area contributed by atoms with Crippen molar-refractivity contribution in [2.75, 3.05) is 11.9 Å². The van der Waals surface area contributed by atoms with E-state index >= 15 is 0 Å². The first-order valence-electron chi connectivity index (χ1n) is 10.5. The second-order valence-corrected chi connectivity index (χ2v) is 7.37. The van der Waals surface area contributed by atoms with Gasteiger partial charge in [0.2, 0.25) is 0 Å². The van der Waals surface area contributed by atoms with E-state index in [1.54, 1.807) is 12.1 Å². The highest BCUT2D eigenvalue weighted by Crippen LogP contribution is 2.22. The van der Waals surface area contributed by atoms with Crippen LogP contribution in [-0.2, 0) is 0 Å². The van der Waals surface area contributed by atoms with Gasteiger partial charge in [-0.1, -0.05) is 20.8 Å². The summed E-state index contributed by atoms with van der Waals surface area (Å²) in [6, 6.07) is 7.14. The maximum atomic E-state index is 13.6. The number of aliphatic imine (C=N–C) groups is 1. The quantitative estimate of drug-likeness (QED) is 0.338. The summed E-state index contributed by atoms with van der Waals surface area (Å²) < 4.78 is 13.6. The number of anilines is 1. The van der Waals surface area contributed by atoms with E-state index in [4.69, 9.17) is 5.73 Å². The number of pyridine rings is 1. The van der Waals surface area contributed by atoms with Crippen LogP contribution in [0.4, 0.5) is 10.2 Å². The molecule has 0 aliphatic heterocycles. The summed E-state index contributed by atoms with van der Waals surface area (Å²) >= 11 is 0. The molecule has 0 saturated carbocycles. The third-order valence-electron chi connectivity index (χ3n) is 5.11. The molecule has 0 saturated heterocycles. The van der Waals surface area contributed by atoms with E-state index < -0.39 is 6.23 Å². The second-order valence-electron chi connectivity index (χ2n) is 7.37. The van der Waals surface area contributed by atoms with Gasteiger partial charge in [0.25, 0.3) is 0 Å². The number of aliphatic hydroxyl groups excluding tert-OH is 1. The van der Waals surface area contributed by atoms with Crippen LogP contribution in [0.2, 0.25) is 0 Å². The molecular formula is C22H34FN5O. The Bertz CT molecular complexity index is 820. The summed E-state index contributed by atoms with van der Waals surface area (Å²) in [7, 11) is 0. The van der Waals surface area contributed by atoms with Crippen molar-refractivity contribution in [3.8, 4) is 0 Å². The number of amidine groups is 1. The Balaban J connectivity index is 2.22. The van der Waals surface area contributed by atoms with Crippen molar-refractivity contribution in [2.24, 2.45) is 10.7 Å². The third-order valence-corrected chi connectivity index (χ3v) is 5.11. The molecule has 6 nitrogen and oxygen atoms in total. The number of hydrogen-bond acceptors (Lipinski definition) is 5. The monoisotopic (exact) mass is 403 g/mol. The number of rotatable bonds is 11. The van der Waals surface area contributed by atoms with Crippen molar-refractivity contribution in [3.63, 3.8) is 0 Å². The standard InChI is InChI=1S/C22H34FN5O/c1-5-17(6-2)27-18(7-3)10-11-25-22-19(21(24)26-14(4)29)13-15-12-16(23)8-9-20(15)28-22/h8-9,12-14,17-18,27,29H,5-7,10-11H2,1-4H3,(H2,24,26)(H,25,28). The molecule has 0 aliphatic rings. The molecule has 0 aliphatic carbocycles. The van der Waals surface area contributed by atoms with Crippen molar-refractivity contribution in [3.05, 3.63) is 35.6 Å². The number of aromatic nitrogens is 1. The van der Waals surface area contributed by atoms with Gasteiger partial charge in [-0.15, -0.1) is 0 Å². The van der Waals surface area contributed by atoms with Gasteiger partial charge in [-0.3, -0.25) is 0 Å². The molecule has 0 spiro atoms. The zero-order valence-corrected chi connectivity index (χ0v) is 17.9. The second kappa shape index (κ2) is 11.1. The molecule has 2 aromatic rings. The summed E-state index contributed by atoms with van der Waals surface area (Å²) in [6.45, 7) is 8.82. The lowest BCUT2D eigenvalue weighted by molar-refractivity contribution is 0.205. The Morgan fingerprint density at radius 1 is 1.17 bits per heavy atom. The van der Waals surface area contributed by atoms with Crippen molar-refractivity contribution in [1.29, 1.82) is 0 Å². The SMILES string of the molecule is CCC(CC)NC(CC)CCNc1nc2ccc(F)cc2cc1C(N)=NC(C)O. The molecule has 1 aromatic heterocycles. The minimum absolute atomic E-state index is 0.170. The van der Waals surface area contributed by atoms with E-state index in [1.165, 1.54) is 19.1 Å². The maximum Gasteiger partial charge on any atom is 0.144 e. The molecule has 7 heteroatoms. The molecular weight excluding hydrogens is 369 g/mol. The number of nitrogens with two attached hydrogens (primary N) is 1. The predicted octanol–water partition coefficient (Wildman–Crippen LogP) is 3.78. The lowest BCUT2D eigenvalue weighted by Gasteiger charge is -2.24. The van der Waals surface area contributed by atoms with E-state index in [0.29, 0.717) is 40.9 Å². The molecule has 29 heavy (non-hydrogen) atoms. The number of hydrogen-bond donors (Lipinski definition) is 4. The summed E-state index contributed by atoms with van der Waals surface area (Å²) in [4.78, 5) is 8.64. The minimum atomic E-state index is -0.931. The van der Waals surface area contributed by atoms with Crippen LogP contribution in [0, 0.1) is 5.82 Å². The van der Waals surface area contributed by atoms with E-state index in [9.17, 15) is 9.50 Å². The predicted molar refractivity (Wildman–Crippen MR) is 119 cm³/mol. The Kier molecular flexibility index (Phi) is 8.79. The summed E-state index contributed by atoms with van der Waals surface area (Å²) in [5, 5.41) is 17.3. The first kappa shape index (κ1) is 23.0. The molecule has 5 N–H and O–H groups in total. The van der Waals surface area contributed by atoms with Gasteiger partial charge < -0.3 is 21.5 Å². The van der Waals surface area contributed by atoms with Crippen molar-refractivity contribution < 1.29 is 9.50 Å².